The largest absolute Gasteiger partial charge is 0.756 e. The average molecular weight is 1270 g/mol. The number of carbonyl (C=O) groups excluding carboxylic acids is 2. The number of phosphoric acid groups is 1. The summed E-state index contributed by atoms with van der Waals surface area (Å²) < 4.78 is 34.4. The van der Waals surface area contributed by atoms with Gasteiger partial charge in [0.15, 0.2) is 6.10 Å². The molecule has 0 N–H and O–H groups in total. The number of hydrogen-bond donors (Lipinski definition) is 0. The molecule has 0 aliphatic heterocycles. The van der Waals surface area contributed by atoms with E-state index in [1.54, 1.807) is 0 Å². The maximum absolute atomic E-state index is 12.9. The molecular formula is C80H140NO8P. The summed E-state index contributed by atoms with van der Waals surface area (Å²) in [5, 5.41) is 0. The summed E-state index contributed by atoms with van der Waals surface area (Å²) in [5.41, 5.74) is 0. The van der Waals surface area contributed by atoms with Crippen molar-refractivity contribution in [1.29, 1.82) is 0 Å². The molecule has 0 bridgehead atoms. The Bertz CT molecular complexity index is 1940. The third-order valence-corrected chi connectivity index (χ3v) is 16.9. The van der Waals surface area contributed by atoms with Crippen molar-refractivity contribution in [2.75, 3.05) is 47.5 Å². The highest BCUT2D eigenvalue weighted by molar-refractivity contribution is 7.45. The zero-order chi connectivity index (χ0) is 65.5. The van der Waals surface area contributed by atoms with Gasteiger partial charge < -0.3 is 27.9 Å². The first kappa shape index (κ1) is 86.4. The average Bonchev–Trinajstić information content (AvgIpc) is 3.61. The molecule has 2 atom stereocenters. The van der Waals surface area contributed by atoms with Gasteiger partial charge in [0, 0.05) is 12.8 Å². The molecule has 10 heteroatoms. The Morgan fingerprint density at radius 1 is 0.344 bits per heavy atom. The normalized spacial score (nSPS) is 13.8. The minimum atomic E-state index is -4.65. The summed E-state index contributed by atoms with van der Waals surface area (Å²) >= 11 is 0. The van der Waals surface area contributed by atoms with Crippen LogP contribution in [0.1, 0.15) is 322 Å². The van der Waals surface area contributed by atoms with Crippen LogP contribution in [0.25, 0.3) is 0 Å². The van der Waals surface area contributed by atoms with Gasteiger partial charge in [0.2, 0.25) is 0 Å². The number of ether oxygens (including phenoxy) is 2. The number of carbonyl (C=O) groups is 2. The minimum Gasteiger partial charge on any atom is -0.756 e. The Balaban J connectivity index is 4.00. The molecule has 0 amide bonds. The van der Waals surface area contributed by atoms with Crippen LogP contribution < -0.4 is 4.89 Å². The van der Waals surface area contributed by atoms with Crippen molar-refractivity contribution in [2.45, 2.75) is 328 Å². The van der Waals surface area contributed by atoms with Gasteiger partial charge in [-0.2, -0.15) is 0 Å². The quantitative estimate of drug-likeness (QED) is 0.0195. The molecule has 0 aliphatic carbocycles. The van der Waals surface area contributed by atoms with E-state index in [1.165, 1.54) is 186 Å². The summed E-state index contributed by atoms with van der Waals surface area (Å²) in [4.78, 5) is 38.1. The first-order valence-corrected chi connectivity index (χ1v) is 38.7. The van der Waals surface area contributed by atoms with Gasteiger partial charge in [0.1, 0.15) is 19.8 Å². The summed E-state index contributed by atoms with van der Waals surface area (Å²) in [7, 11) is 1.17. The zero-order valence-electron chi connectivity index (χ0n) is 59.1. The van der Waals surface area contributed by atoms with E-state index in [0.29, 0.717) is 17.4 Å². The van der Waals surface area contributed by atoms with Gasteiger partial charge in [-0.3, -0.25) is 14.2 Å². The van der Waals surface area contributed by atoms with Crippen molar-refractivity contribution < 1.29 is 42.1 Å². The lowest BCUT2D eigenvalue weighted by Gasteiger charge is -2.28. The monoisotopic (exact) mass is 1270 g/mol. The Morgan fingerprint density at radius 2 is 0.600 bits per heavy atom. The van der Waals surface area contributed by atoms with Crippen LogP contribution >= 0.6 is 7.82 Å². The van der Waals surface area contributed by atoms with E-state index in [-0.39, 0.29) is 32.0 Å². The second kappa shape index (κ2) is 69.7. The SMILES string of the molecule is CC/C=C\C/C=C\C/C=C\C/C=C\C/C=C\CCCCCCCCCCCCCCCCCCCCCC(=O)OC(COC(=O)CCCCCCCCCCCCCCCCC/C=C\C/C=C\C/C=C\C/C=C\C/C=C\CC)COP(=O)([O-])OCC[N+](C)(C)C. The van der Waals surface area contributed by atoms with Crippen molar-refractivity contribution >= 4 is 19.8 Å². The molecule has 0 heterocycles. The molecule has 518 valence electrons. The molecule has 90 heavy (non-hydrogen) atoms. The van der Waals surface area contributed by atoms with Crippen molar-refractivity contribution in [3.63, 3.8) is 0 Å². The molecule has 0 spiro atoms. The van der Waals surface area contributed by atoms with Gasteiger partial charge in [0.25, 0.3) is 7.82 Å². The third kappa shape index (κ3) is 73.5. The second-order valence-corrected chi connectivity index (χ2v) is 27.3. The number of allylic oxidation sites excluding steroid dienone is 20. The highest BCUT2D eigenvalue weighted by atomic mass is 31.2. The maximum Gasteiger partial charge on any atom is 0.306 e. The maximum atomic E-state index is 12.9. The summed E-state index contributed by atoms with van der Waals surface area (Å²) in [6.45, 7) is 4.04. The van der Waals surface area contributed by atoms with E-state index in [4.69, 9.17) is 18.5 Å². The predicted molar refractivity (Wildman–Crippen MR) is 388 cm³/mol. The first-order chi connectivity index (χ1) is 44.0. The zero-order valence-corrected chi connectivity index (χ0v) is 59.9. The van der Waals surface area contributed by atoms with E-state index in [9.17, 15) is 19.0 Å². The van der Waals surface area contributed by atoms with Crippen LogP contribution in [-0.4, -0.2) is 70.0 Å². The topological polar surface area (TPSA) is 111 Å². The molecular weight excluding hydrogens is 1130 g/mol. The number of esters is 2. The Labute approximate surface area is 556 Å². The van der Waals surface area contributed by atoms with E-state index in [0.717, 1.165) is 103 Å². The highest BCUT2D eigenvalue weighted by Gasteiger charge is 2.22. The van der Waals surface area contributed by atoms with Crippen LogP contribution in [0.4, 0.5) is 0 Å². The Kier molecular flexibility index (Phi) is 67.0. The van der Waals surface area contributed by atoms with Crippen molar-refractivity contribution in [1.82, 2.24) is 0 Å². The number of quaternary nitrogens is 1. The lowest BCUT2D eigenvalue weighted by molar-refractivity contribution is -0.870. The Hall–Kier alpha value is -3.59. The molecule has 0 aromatic rings. The van der Waals surface area contributed by atoms with E-state index in [2.05, 4.69) is 135 Å². The lowest BCUT2D eigenvalue weighted by Crippen LogP contribution is -2.37. The van der Waals surface area contributed by atoms with Crippen LogP contribution in [0.2, 0.25) is 0 Å². The van der Waals surface area contributed by atoms with Gasteiger partial charge in [-0.05, 0) is 103 Å². The van der Waals surface area contributed by atoms with Crippen LogP contribution in [0.3, 0.4) is 0 Å². The molecule has 9 nitrogen and oxygen atoms in total. The first-order valence-electron chi connectivity index (χ1n) is 37.2. The number of likely N-dealkylation sites (N-methyl/N-ethyl adjacent to an activating group) is 1. The predicted octanol–water partition coefficient (Wildman–Crippen LogP) is 24.0. The summed E-state index contributed by atoms with van der Waals surface area (Å²) in [6.07, 6.45) is 100. The smallest absolute Gasteiger partial charge is 0.306 e. The van der Waals surface area contributed by atoms with Crippen molar-refractivity contribution in [3.8, 4) is 0 Å². The second-order valence-electron chi connectivity index (χ2n) is 25.9. The third-order valence-electron chi connectivity index (χ3n) is 16.0. The van der Waals surface area contributed by atoms with Crippen molar-refractivity contribution in [2.24, 2.45) is 0 Å². The van der Waals surface area contributed by atoms with Crippen LogP contribution in [0.15, 0.2) is 122 Å². The number of nitrogens with zero attached hydrogens (tertiary/aromatic N) is 1. The van der Waals surface area contributed by atoms with Crippen LogP contribution in [0.5, 0.6) is 0 Å². The molecule has 0 aromatic carbocycles. The van der Waals surface area contributed by atoms with Gasteiger partial charge >= 0.3 is 11.9 Å². The lowest BCUT2D eigenvalue weighted by atomic mass is 10.0. The molecule has 0 fully saturated rings. The van der Waals surface area contributed by atoms with Gasteiger partial charge in [-0.15, -0.1) is 0 Å². The van der Waals surface area contributed by atoms with Gasteiger partial charge in [-0.1, -0.05) is 328 Å². The summed E-state index contributed by atoms with van der Waals surface area (Å²) in [5.74, 6) is -0.824. The van der Waals surface area contributed by atoms with Gasteiger partial charge in [0.05, 0.1) is 27.7 Å². The number of unbranched alkanes of at least 4 members (excludes halogenated alkanes) is 34. The van der Waals surface area contributed by atoms with E-state index < -0.39 is 26.5 Å². The molecule has 0 aromatic heterocycles. The number of rotatable bonds is 68. The highest BCUT2D eigenvalue weighted by Crippen LogP contribution is 2.38. The van der Waals surface area contributed by atoms with Crippen LogP contribution in [0, 0.1) is 0 Å². The fourth-order valence-corrected chi connectivity index (χ4v) is 11.1. The Morgan fingerprint density at radius 3 is 0.889 bits per heavy atom. The fourth-order valence-electron chi connectivity index (χ4n) is 10.4. The molecule has 0 rings (SSSR count). The number of phosphoric ester groups is 1. The van der Waals surface area contributed by atoms with E-state index >= 15 is 0 Å². The molecule has 2 unspecified atom stereocenters. The van der Waals surface area contributed by atoms with Gasteiger partial charge in [-0.25, -0.2) is 0 Å². The molecule has 0 saturated carbocycles. The van der Waals surface area contributed by atoms with E-state index in [1.807, 2.05) is 21.1 Å². The van der Waals surface area contributed by atoms with Crippen molar-refractivity contribution in [3.05, 3.63) is 122 Å². The fraction of sp³-hybridized carbons (Fsp3) is 0.725. The van der Waals surface area contributed by atoms with Crippen LogP contribution in [-0.2, 0) is 32.7 Å². The molecule has 0 aliphatic rings. The molecule has 0 saturated heterocycles. The standard InChI is InChI=1S/C80H140NO8P/c1-6-8-10-12-14-16-18-20-22-24-26-28-30-32-34-36-38-39-40-41-43-45-47-49-51-53-55-57-59-61-63-65-67-69-71-73-80(83)89-78(77-88-90(84,85)87-75-74-81(3,4)5)76-86-79(82)72-70-68-66-64-62-60-58-56-54-52-50-48-46-44-42-37-35-33-31-29-27-25-23-21-19-17-15-13-11-9-7-2/h8-11,14-17,20-23,26-29,32-35,78H,6-7,12-13,18-19,24-25,30-31,36-77H2,1-5H3/b10-8-,11-9-,16-14-,17-15-,22-20-,23-21-,28-26-,29-27-,34-32-,35-33-. The molecule has 0 radical (unpaired) electrons. The number of hydrogen-bond acceptors (Lipinski definition) is 8. The summed E-state index contributed by atoms with van der Waals surface area (Å²) in [6, 6.07) is 0. The minimum absolute atomic E-state index is 0.0332.